The zero-order valence-corrected chi connectivity index (χ0v) is 10.7. The van der Waals surface area contributed by atoms with Crippen LogP contribution in [0, 0.1) is 0 Å². The number of hydrogen-bond acceptors (Lipinski definition) is 6. The fourth-order valence-electron chi connectivity index (χ4n) is 1.34. The van der Waals surface area contributed by atoms with E-state index in [0.29, 0.717) is 5.82 Å². The summed E-state index contributed by atoms with van der Waals surface area (Å²) in [5.41, 5.74) is 1.61. The van der Waals surface area contributed by atoms with Gasteiger partial charge in [0.1, 0.15) is 0 Å². The molecule has 6 nitrogen and oxygen atoms in total. The van der Waals surface area contributed by atoms with Gasteiger partial charge in [-0.1, -0.05) is 10.7 Å². The number of allylic oxidation sites excluding steroid dienone is 1. The number of esters is 1. The summed E-state index contributed by atoms with van der Waals surface area (Å²) >= 11 is 0. The molecule has 0 fully saturated rings. The first-order valence-corrected chi connectivity index (χ1v) is 5.70. The Bertz CT molecular complexity index is 586. The smallest absolute Gasteiger partial charge is 0.331 e. The van der Waals surface area contributed by atoms with Crippen molar-refractivity contribution < 1.29 is 14.1 Å². The van der Waals surface area contributed by atoms with Crippen LogP contribution in [-0.4, -0.2) is 21.1 Å². The predicted octanol–water partition coefficient (Wildman–Crippen LogP) is 2.14. The summed E-state index contributed by atoms with van der Waals surface area (Å²) in [6.45, 7) is 3.58. The molecule has 0 aromatic carbocycles. The Labute approximate surface area is 110 Å². The van der Waals surface area contributed by atoms with Crippen LogP contribution in [0.15, 0.2) is 40.7 Å². The molecule has 6 heteroatoms. The normalized spacial score (nSPS) is 10.0. The van der Waals surface area contributed by atoms with Crippen molar-refractivity contribution in [2.45, 2.75) is 20.5 Å². The molecule has 2 aromatic heterocycles. The van der Waals surface area contributed by atoms with Crippen molar-refractivity contribution in [1.82, 2.24) is 15.1 Å². The van der Waals surface area contributed by atoms with E-state index in [-0.39, 0.29) is 12.5 Å². The van der Waals surface area contributed by atoms with Gasteiger partial charge in [-0.3, -0.25) is 4.98 Å². The largest absolute Gasteiger partial charge is 0.452 e. The summed E-state index contributed by atoms with van der Waals surface area (Å²) in [7, 11) is 0. The fraction of sp³-hybridized carbons (Fsp3) is 0.231. The Kier molecular flexibility index (Phi) is 4.02. The summed E-state index contributed by atoms with van der Waals surface area (Å²) in [5.74, 6) is 0.233. The SMILES string of the molecule is CC(C)=CC(=O)OCc1nc(-c2cccnc2)no1. The maximum atomic E-state index is 11.3. The first kappa shape index (κ1) is 12.9. The molecule has 0 N–H and O–H groups in total. The minimum Gasteiger partial charge on any atom is -0.452 e. The van der Waals surface area contributed by atoms with E-state index >= 15 is 0 Å². The molecule has 19 heavy (non-hydrogen) atoms. The number of carbonyl (C=O) groups excluding carboxylic acids is 1. The minimum atomic E-state index is -0.430. The fourth-order valence-corrected chi connectivity index (χ4v) is 1.34. The highest BCUT2D eigenvalue weighted by Gasteiger charge is 2.10. The Morgan fingerprint density at radius 3 is 3.00 bits per heavy atom. The highest BCUT2D eigenvalue weighted by atomic mass is 16.6. The molecule has 2 rings (SSSR count). The Morgan fingerprint density at radius 1 is 1.47 bits per heavy atom. The average Bonchev–Trinajstić information content (AvgIpc) is 2.85. The lowest BCUT2D eigenvalue weighted by Crippen LogP contribution is -2.01. The summed E-state index contributed by atoms with van der Waals surface area (Å²) in [5, 5.41) is 3.79. The lowest BCUT2D eigenvalue weighted by Gasteiger charge is -1.96. The minimum absolute atomic E-state index is 0.0458. The lowest BCUT2D eigenvalue weighted by molar-refractivity contribution is -0.139. The predicted molar refractivity (Wildman–Crippen MR) is 66.8 cm³/mol. The average molecular weight is 259 g/mol. The Balaban J connectivity index is 1.99. The van der Waals surface area contributed by atoms with Crippen LogP contribution in [0.2, 0.25) is 0 Å². The second kappa shape index (κ2) is 5.90. The van der Waals surface area contributed by atoms with Gasteiger partial charge in [0.15, 0.2) is 6.61 Å². The summed E-state index contributed by atoms with van der Waals surface area (Å²) in [6.07, 6.45) is 4.69. The number of ether oxygens (including phenoxy) is 1. The van der Waals surface area contributed by atoms with Crippen molar-refractivity contribution in [3.63, 3.8) is 0 Å². The number of pyridine rings is 1. The zero-order valence-electron chi connectivity index (χ0n) is 10.7. The van der Waals surface area contributed by atoms with Crippen LogP contribution in [0.5, 0.6) is 0 Å². The van der Waals surface area contributed by atoms with Gasteiger partial charge in [-0.15, -0.1) is 0 Å². The molecule has 0 unspecified atom stereocenters. The molecule has 2 aromatic rings. The van der Waals surface area contributed by atoms with Gasteiger partial charge in [-0.2, -0.15) is 4.98 Å². The molecule has 0 amide bonds. The topological polar surface area (TPSA) is 78.1 Å². The molecule has 0 saturated carbocycles. The third-order valence-corrected chi connectivity index (χ3v) is 2.13. The van der Waals surface area contributed by atoms with E-state index in [0.717, 1.165) is 11.1 Å². The van der Waals surface area contributed by atoms with E-state index in [1.807, 2.05) is 19.9 Å². The van der Waals surface area contributed by atoms with Crippen molar-refractivity contribution in [2.75, 3.05) is 0 Å². The van der Waals surface area contributed by atoms with Crippen molar-refractivity contribution in [1.29, 1.82) is 0 Å². The van der Waals surface area contributed by atoms with E-state index in [9.17, 15) is 4.79 Å². The third-order valence-electron chi connectivity index (χ3n) is 2.13. The van der Waals surface area contributed by atoms with Gasteiger partial charge in [0.25, 0.3) is 5.89 Å². The molecule has 98 valence electrons. The van der Waals surface area contributed by atoms with Crippen LogP contribution in [0.1, 0.15) is 19.7 Å². The van der Waals surface area contributed by atoms with Gasteiger partial charge in [-0.05, 0) is 26.0 Å². The van der Waals surface area contributed by atoms with Gasteiger partial charge >= 0.3 is 5.97 Å². The summed E-state index contributed by atoms with van der Waals surface area (Å²) in [4.78, 5) is 19.4. The summed E-state index contributed by atoms with van der Waals surface area (Å²) in [6, 6.07) is 3.59. The van der Waals surface area contributed by atoms with E-state index in [1.54, 1.807) is 18.5 Å². The monoisotopic (exact) mass is 259 g/mol. The number of hydrogen-bond donors (Lipinski definition) is 0. The molecule has 0 atom stereocenters. The summed E-state index contributed by atoms with van der Waals surface area (Å²) < 4.78 is 9.95. The van der Waals surface area contributed by atoms with Crippen LogP contribution < -0.4 is 0 Å². The molecular formula is C13H13N3O3. The first-order valence-electron chi connectivity index (χ1n) is 5.70. The molecule has 2 heterocycles. The quantitative estimate of drug-likeness (QED) is 0.618. The molecular weight excluding hydrogens is 246 g/mol. The molecule has 0 aliphatic heterocycles. The second-order valence-corrected chi connectivity index (χ2v) is 4.08. The number of aromatic nitrogens is 3. The van der Waals surface area contributed by atoms with Crippen LogP contribution in [0.25, 0.3) is 11.4 Å². The van der Waals surface area contributed by atoms with Crippen molar-refractivity contribution >= 4 is 5.97 Å². The third kappa shape index (κ3) is 3.74. The first-order chi connectivity index (χ1) is 9.15. The Hall–Kier alpha value is -2.50. The van der Waals surface area contributed by atoms with Crippen LogP contribution >= 0.6 is 0 Å². The lowest BCUT2D eigenvalue weighted by atomic mass is 10.3. The second-order valence-electron chi connectivity index (χ2n) is 4.08. The van der Waals surface area contributed by atoms with Crippen LogP contribution in [0.3, 0.4) is 0 Å². The van der Waals surface area contributed by atoms with E-state index in [4.69, 9.17) is 9.26 Å². The van der Waals surface area contributed by atoms with Gasteiger partial charge in [0, 0.05) is 24.0 Å². The van der Waals surface area contributed by atoms with Crippen molar-refractivity contribution in [3.05, 3.63) is 42.1 Å². The van der Waals surface area contributed by atoms with Crippen LogP contribution in [0.4, 0.5) is 0 Å². The highest BCUT2D eigenvalue weighted by molar-refractivity contribution is 5.82. The molecule has 0 bridgehead atoms. The molecule has 0 aliphatic carbocycles. The number of nitrogens with zero attached hydrogens (tertiary/aromatic N) is 3. The van der Waals surface area contributed by atoms with Crippen molar-refractivity contribution in [3.8, 4) is 11.4 Å². The number of carbonyl (C=O) groups is 1. The molecule has 0 spiro atoms. The maximum absolute atomic E-state index is 11.3. The Morgan fingerprint density at radius 2 is 2.32 bits per heavy atom. The van der Waals surface area contributed by atoms with Gasteiger partial charge in [0.2, 0.25) is 5.82 Å². The van der Waals surface area contributed by atoms with E-state index in [2.05, 4.69) is 15.1 Å². The van der Waals surface area contributed by atoms with Gasteiger partial charge < -0.3 is 9.26 Å². The zero-order chi connectivity index (χ0) is 13.7. The van der Waals surface area contributed by atoms with E-state index < -0.39 is 5.97 Å². The van der Waals surface area contributed by atoms with Gasteiger partial charge in [0.05, 0.1) is 0 Å². The van der Waals surface area contributed by atoms with Crippen molar-refractivity contribution in [2.24, 2.45) is 0 Å². The standard InChI is InChI=1S/C13H13N3O3/c1-9(2)6-12(17)18-8-11-15-13(16-19-11)10-4-3-5-14-7-10/h3-7H,8H2,1-2H3. The van der Waals surface area contributed by atoms with E-state index in [1.165, 1.54) is 6.08 Å². The number of rotatable bonds is 4. The molecule has 0 aliphatic rings. The molecule has 0 saturated heterocycles. The van der Waals surface area contributed by atoms with Crippen LogP contribution in [-0.2, 0) is 16.1 Å². The highest BCUT2D eigenvalue weighted by Crippen LogP contribution is 2.13. The maximum Gasteiger partial charge on any atom is 0.331 e. The molecule has 0 radical (unpaired) electrons. The van der Waals surface area contributed by atoms with Gasteiger partial charge in [-0.25, -0.2) is 4.79 Å².